The number of epoxide rings is 1. The summed E-state index contributed by atoms with van der Waals surface area (Å²) in [6.07, 6.45) is 6.68. The van der Waals surface area contributed by atoms with Gasteiger partial charge in [0.15, 0.2) is 6.10 Å². The van der Waals surface area contributed by atoms with Gasteiger partial charge in [0.25, 0.3) is 0 Å². The van der Waals surface area contributed by atoms with Crippen molar-refractivity contribution in [1.82, 2.24) is 0 Å². The minimum absolute atomic E-state index is 0.103. The van der Waals surface area contributed by atoms with Crippen molar-refractivity contribution in [2.45, 2.75) is 57.7 Å². The molecule has 1 aliphatic rings. The van der Waals surface area contributed by atoms with Crippen LogP contribution in [-0.2, 0) is 14.3 Å². The third kappa shape index (κ3) is 4.64. The molecule has 110 valence electrons. The molecule has 3 heteroatoms. The second-order valence-corrected chi connectivity index (χ2v) is 5.32. The van der Waals surface area contributed by atoms with E-state index in [2.05, 4.69) is 6.92 Å². The molecule has 1 heterocycles. The summed E-state index contributed by atoms with van der Waals surface area (Å²) in [4.78, 5) is 11.8. The van der Waals surface area contributed by atoms with Crippen LogP contribution in [0.25, 0.3) is 0 Å². The van der Waals surface area contributed by atoms with Gasteiger partial charge in [0.2, 0.25) is 0 Å². The summed E-state index contributed by atoms with van der Waals surface area (Å²) in [5, 5.41) is 0. The fourth-order valence-corrected chi connectivity index (χ4v) is 2.33. The zero-order chi connectivity index (χ0) is 14.2. The second-order valence-electron chi connectivity index (χ2n) is 5.32. The summed E-state index contributed by atoms with van der Waals surface area (Å²) >= 11 is 0. The van der Waals surface area contributed by atoms with E-state index in [-0.39, 0.29) is 12.1 Å². The molecule has 3 nitrogen and oxygen atoms in total. The summed E-state index contributed by atoms with van der Waals surface area (Å²) in [6, 6.07) is 9.82. The molecule has 1 aliphatic heterocycles. The van der Waals surface area contributed by atoms with Crippen molar-refractivity contribution in [2.75, 3.05) is 6.61 Å². The first-order chi connectivity index (χ1) is 9.83. The molecule has 0 N–H and O–H groups in total. The maximum atomic E-state index is 11.8. The Balaban J connectivity index is 1.56. The van der Waals surface area contributed by atoms with Crippen LogP contribution in [0.2, 0.25) is 0 Å². The molecule has 0 amide bonds. The fourth-order valence-electron chi connectivity index (χ4n) is 2.33. The zero-order valence-electron chi connectivity index (χ0n) is 12.2. The largest absolute Gasteiger partial charge is 0.464 e. The maximum Gasteiger partial charge on any atom is 0.338 e. The normalized spacial score (nSPS) is 20.6. The predicted molar refractivity (Wildman–Crippen MR) is 78.4 cm³/mol. The van der Waals surface area contributed by atoms with Gasteiger partial charge in [-0.05, 0) is 12.0 Å². The van der Waals surface area contributed by atoms with Crippen LogP contribution in [0.4, 0.5) is 0 Å². The average Bonchev–Trinajstić information content (AvgIpc) is 3.27. The fraction of sp³-hybridized carbons (Fsp3) is 0.588. The minimum atomic E-state index is -0.391. The van der Waals surface area contributed by atoms with Crippen molar-refractivity contribution in [3.8, 4) is 0 Å². The number of carbonyl (C=O) groups is 1. The molecule has 2 rings (SSSR count). The Morgan fingerprint density at radius 1 is 1.10 bits per heavy atom. The first-order valence-corrected chi connectivity index (χ1v) is 7.70. The van der Waals surface area contributed by atoms with E-state index in [1.807, 2.05) is 30.3 Å². The van der Waals surface area contributed by atoms with E-state index in [9.17, 15) is 4.79 Å². The van der Waals surface area contributed by atoms with Crippen LogP contribution in [-0.4, -0.2) is 18.7 Å². The molecule has 1 saturated heterocycles. The number of ether oxygens (including phenoxy) is 2. The molecular weight excluding hydrogens is 252 g/mol. The standard InChI is InChI=1S/C17H24O3/c1-2-3-4-5-6-10-13-19-17(18)16-15(20-16)14-11-8-7-9-12-14/h7-9,11-12,15-16H,2-6,10,13H2,1H3/t15-,16+/m0/s1. The van der Waals surface area contributed by atoms with Crippen molar-refractivity contribution < 1.29 is 14.3 Å². The summed E-state index contributed by atoms with van der Waals surface area (Å²) in [6.45, 7) is 2.73. The highest BCUT2D eigenvalue weighted by Gasteiger charge is 2.47. The SMILES string of the molecule is CCCCCCCCOC(=O)[C@@H]1O[C@H]1c1ccccc1. The van der Waals surface area contributed by atoms with Crippen molar-refractivity contribution in [2.24, 2.45) is 0 Å². The molecule has 0 bridgehead atoms. The Labute approximate surface area is 121 Å². The van der Waals surface area contributed by atoms with E-state index in [1.54, 1.807) is 0 Å². The van der Waals surface area contributed by atoms with Gasteiger partial charge in [-0.3, -0.25) is 0 Å². The van der Waals surface area contributed by atoms with Gasteiger partial charge < -0.3 is 9.47 Å². The van der Waals surface area contributed by atoms with Gasteiger partial charge in [0, 0.05) is 0 Å². The molecule has 0 spiro atoms. The molecule has 20 heavy (non-hydrogen) atoms. The molecule has 0 radical (unpaired) electrons. The number of rotatable bonds is 9. The molecular formula is C17H24O3. The minimum Gasteiger partial charge on any atom is -0.464 e. The smallest absolute Gasteiger partial charge is 0.338 e. The van der Waals surface area contributed by atoms with E-state index in [4.69, 9.17) is 9.47 Å². The van der Waals surface area contributed by atoms with Crippen molar-refractivity contribution in [1.29, 1.82) is 0 Å². The van der Waals surface area contributed by atoms with Crippen LogP contribution in [0.3, 0.4) is 0 Å². The highest BCUT2D eigenvalue weighted by atomic mass is 16.6. The highest BCUT2D eigenvalue weighted by Crippen LogP contribution is 2.39. The van der Waals surface area contributed by atoms with Crippen LogP contribution in [0.5, 0.6) is 0 Å². The molecule has 0 saturated carbocycles. The van der Waals surface area contributed by atoms with Crippen LogP contribution < -0.4 is 0 Å². The van der Waals surface area contributed by atoms with E-state index in [0.29, 0.717) is 6.61 Å². The average molecular weight is 276 g/mol. The van der Waals surface area contributed by atoms with Gasteiger partial charge in [0.05, 0.1) is 6.61 Å². The molecule has 1 fully saturated rings. The summed E-state index contributed by atoms with van der Waals surface area (Å²) in [5.41, 5.74) is 1.05. The lowest BCUT2D eigenvalue weighted by Crippen LogP contribution is -2.13. The van der Waals surface area contributed by atoms with Gasteiger partial charge in [-0.2, -0.15) is 0 Å². The summed E-state index contributed by atoms with van der Waals surface area (Å²) in [7, 11) is 0. The van der Waals surface area contributed by atoms with Gasteiger partial charge in [-0.25, -0.2) is 4.79 Å². The van der Waals surface area contributed by atoms with Crippen LogP contribution in [0, 0.1) is 0 Å². The Morgan fingerprint density at radius 2 is 1.80 bits per heavy atom. The van der Waals surface area contributed by atoms with E-state index in [1.165, 1.54) is 25.7 Å². The summed E-state index contributed by atoms with van der Waals surface area (Å²) in [5.74, 6) is -0.215. The number of hydrogen-bond acceptors (Lipinski definition) is 3. The first-order valence-electron chi connectivity index (χ1n) is 7.70. The first kappa shape index (κ1) is 15.0. The zero-order valence-corrected chi connectivity index (χ0v) is 12.2. The molecule has 1 aromatic rings. The van der Waals surface area contributed by atoms with Crippen LogP contribution in [0.1, 0.15) is 57.1 Å². The molecule has 1 aromatic carbocycles. The van der Waals surface area contributed by atoms with Gasteiger partial charge in [-0.15, -0.1) is 0 Å². The van der Waals surface area contributed by atoms with E-state index < -0.39 is 6.10 Å². The van der Waals surface area contributed by atoms with Crippen molar-refractivity contribution in [3.05, 3.63) is 35.9 Å². The molecule has 0 unspecified atom stereocenters. The summed E-state index contributed by atoms with van der Waals surface area (Å²) < 4.78 is 10.7. The maximum absolute atomic E-state index is 11.8. The van der Waals surface area contributed by atoms with Crippen LogP contribution in [0.15, 0.2) is 30.3 Å². The van der Waals surface area contributed by atoms with Crippen LogP contribution >= 0.6 is 0 Å². The van der Waals surface area contributed by atoms with E-state index in [0.717, 1.165) is 18.4 Å². The van der Waals surface area contributed by atoms with E-state index >= 15 is 0 Å². The Hall–Kier alpha value is -1.35. The molecule has 0 aliphatic carbocycles. The Bertz CT molecular complexity index is 402. The number of unbranched alkanes of at least 4 members (excludes halogenated alkanes) is 5. The molecule has 0 aromatic heterocycles. The molecule has 2 atom stereocenters. The van der Waals surface area contributed by atoms with Gasteiger partial charge in [0.1, 0.15) is 6.10 Å². The van der Waals surface area contributed by atoms with Crippen molar-refractivity contribution in [3.63, 3.8) is 0 Å². The monoisotopic (exact) mass is 276 g/mol. The number of benzene rings is 1. The third-order valence-corrected chi connectivity index (χ3v) is 3.59. The van der Waals surface area contributed by atoms with Gasteiger partial charge >= 0.3 is 5.97 Å². The number of carbonyl (C=O) groups excluding carboxylic acids is 1. The topological polar surface area (TPSA) is 38.8 Å². The highest BCUT2D eigenvalue weighted by molar-refractivity contribution is 5.78. The second kappa shape index (κ2) is 8.05. The lowest BCUT2D eigenvalue weighted by molar-refractivity contribution is -0.145. The van der Waals surface area contributed by atoms with Gasteiger partial charge in [-0.1, -0.05) is 69.4 Å². The Kier molecular flexibility index (Phi) is 6.06. The predicted octanol–water partition coefficient (Wildman–Crippen LogP) is 4.03. The lowest BCUT2D eigenvalue weighted by atomic mass is 10.1. The van der Waals surface area contributed by atoms with Crippen molar-refractivity contribution >= 4 is 5.97 Å². The quantitative estimate of drug-likeness (QED) is 0.388. The number of hydrogen-bond donors (Lipinski definition) is 0. The third-order valence-electron chi connectivity index (χ3n) is 3.59. The lowest BCUT2D eigenvalue weighted by Gasteiger charge is -2.03. The Morgan fingerprint density at radius 3 is 2.55 bits per heavy atom. The number of esters is 1.